The van der Waals surface area contributed by atoms with E-state index in [9.17, 15) is 18.0 Å². The Kier molecular flexibility index (Phi) is 10.5. The van der Waals surface area contributed by atoms with Crippen LogP contribution in [0.5, 0.6) is 5.75 Å². The summed E-state index contributed by atoms with van der Waals surface area (Å²) in [6.07, 6.45) is -1.28. The van der Waals surface area contributed by atoms with Gasteiger partial charge in [0.2, 0.25) is 5.91 Å². The first kappa shape index (κ1) is 33.0. The number of nitrogens with one attached hydrogen (secondary N) is 2. The molecular weight excluding hydrogens is 601 g/mol. The molecular formula is C33H33F3N6O2S. The van der Waals surface area contributed by atoms with Crippen molar-refractivity contribution < 1.29 is 22.7 Å². The molecule has 0 aliphatic rings. The molecule has 1 aromatic heterocycles. The van der Waals surface area contributed by atoms with Gasteiger partial charge < -0.3 is 24.8 Å². The summed E-state index contributed by atoms with van der Waals surface area (Å²) in [7, 11) is 1.51. The first-order chi connectivity index (χ1) is 21.4. The van der Waals surface area contributed by atoms with Gasteiger partial charge in [-0.25, -0.2) is 4.98 Å². The van der Waals surface area contributed by atoms with Crippen LogP contribution in [0.2, 0.25) is 0 Å². The van der Waals surface area contributed by atoms with E-state index in [4.69, 9.17) is 22.2 Å². The van der Waals surface area contributed by atoms with Crippen LogP contribution in [0.15, 0.2) is 85.3 Å². The van der Waals surface area contributed by atoms with E-state index in [1.54, 1.807) is 73.7 Å². The van der Waals surface area contributed by atoms with Gasteiger partial charge in [-0.2, -0.15) is 18.4 Å². The normalized spacial score (nSPS) is 11.4. The number of rotatable bonds is 11. The minimum atomic E-state index is -4.55. The summed E-state index contributed by atoms with van der Waals surface area (Å²) in [5.41, 5.74) is 1.11. The summed E-state index contributed by atoms with van der Waals surface area (Å²) in [6, 6.07) is 21.7. The molecule has 1 amide bonds. The maximum absolute atomic E-state index is 13.9. The number of hydrogen-bond acceptors (Lipinski definition) is 5. The molecule has 0 unspecified atom stereocenters. The van der Waals surface area contributed by atoms with Gasteiger partial charge in [-0.15, -0.1) is 0 Å². The molecule has 0 saturated heterocycles. The van der Waals surface area contributed by atoms with Crippen molar-refractivity contribution in [1.82, 2.24) is 19.8 Å². The molecule has 45 heavy (non-hydrogen) atoms. The summed E-state index contributed by atoms with van der Waals surface area (Å²) < 4.78 is 48.9. The molecule has 0 saturated carbocycles. The smallest absolute Gasteiger partial charge is 0.416 e. The van der Waals surface area contributed by atoms with Crippen LogP contribution in [0.25, 0.3) is 0 Å². The monoisotopic (exact) mass is 634 g/mol. The molecule has 0 radical (unpaired) electrons. The Balaban J connectivity index is 1.51. The summed E-state index contributed by atoms with van der Waals surface area (Å²) in [6.45, 7) is 3.97. The van der Waals surface area contributed by atoms with Gasteiger partial charge >= 0.3 is 6.18 Å². The number of amides is 1. The average Bonchev–Trinajstić information content (AvgIpc) is 3.42. The Morgan fingerprint density at radius 2 is 1.76 bits per heavy atom. The predicted molar refractivity (Wildman–Crippen MR) is 169 cm³/mol. The molecule has 0 fully saturated rings. The fraction of sp³-hybridized carbons (Fsp3) is 0.273. The van der Waals surface area contributed by atoms with Crippen LogP contribution in [0.4, 0.5) is 18.9 Å². The van der Waals surface area contributed by atoms with Crippen molar-refractivity contribution >= 4 is 28.9 Å². The Morgan fingerprint density at radius 1 is 1.07 bits per heavy atom. The number of anilines is 1. The number of carbonyl (C=O) groups excluding carboxylic acids is 1. The van der Waals surface area contributed by atoms with Crippen LogP contribution in [-0.2, 0) is 30.5 Å². The van der Waals surface area contributed by atoms with E-state index >= 15 is 0 Å². The third kappa shape index (κ3) is 9.06. The number of alkyl halides is 3. The number of methoxy groups -OCH3 is 1. The zero-order valence-electron chi connectivity index (χ0n) is 25.1. The highest BCUT2D eigenvalue weighted by atomic mass is 32.1. The number of carbonyl (C=O) groups is 1. The van der Waals surface area contributed by atoms with Crippen molar-refractivity contribution in [2.75, 3.05) is 19.0 Å². The zero-order chi connectivity index (χ0) is 32.6. The van der Waals surface area contributed by atoms with Crippen LogP contribution < -0.4 is 15.4 Å². The first-order valence-electron chi connectivity index (χ1n) is 14.0. The molecule has 0 atom stereocenters. The molecule has 0 spiro atoms. The molecule has 0 aliphatic carbocycles. The van der Waals surface area contributed by atoms with E-state index in [0.717, 1.165) is 11.6 Å². The fourth-order valence-electron chi connectivity index (χ4n) is 4.90. The summed E-state index contributed by atoms with van der Waals surface area (Å²) >= 11 is 5.71. The van der Waals surface area contributed by atoms with E-state index in [2.05, 4.69) is 21.7 Å². The molecule has 1 heterocycles. The molecule has 4 rings (SSSR count). The van der Waals surface area contributed by atoms with Gasteiger partial charge in [-0.1, -0.05) is 42.5 Å². The van der Waals surface area contributed by atoms with E-state index in [1.807, 2.05) is 16.7 Å². The number of hydrogen-bond donors (Lipinski definition) is 2. The lowest BCUT2D eigenvalue weighted by atomic mass is 10.0. The van der Waals surface area contributed by atoms with Crippen molar-refractivity contribution in [1.29, 1.82) is 5.26 Å². The first-order valence-corrected chi connectivity index (χ1v) is 14.4. The van der Waals surface area contributed by atoms with Crippen molar-refractivity contribution in [2.24, 2.45) is 0 Å². The van der Waals surface area contributed by atoms with E-state index in [0.29, 0.717) is 29.2 Å². The zero-order valence-corrected chi connectivity index (χ0v) is 25.9. The van der Waals surface area contributed by atoms with Crippen LogP contribution in [0, 0.1) is 11.3 Å². The number of benzene rings is 3. The van der Waals surface area contributed by atoms with Crippen molar-refractivity contribution in [3.8, 4) is 11.8 Å². The van der Waals surface area contributed by atoms with Gasteiger partial charge in [0.25, 0.3) is 0 Å². The second kappa shape index (κ2) is 14.3. The van der Waals surface area contributed by atoms with Gasteiger partial charge in [-0.05, 0) is 67.5 Å². The molecule has 2 N–H and O–H groups in total. The summed E-state index contributed by atoms with van der Waals surface area (Å²) in [4.78, 5) is 19.1. The molecule has 0 aliphatic heterocycles. The number of ether oxygens (including phenoxy) is 1. The minimum absolute atomic E-state index is 0.0283. The third-order valence-electron chi connectivity index (χ3n) is 6.96. The number of thiocarbonyl (C=S) groups is 1. The van der Waals surface area contributed by atoms with Gasteiger partial charge in [-0.3, -0.25) is 4.79 Å². The van der Waals surface area contributed by atoms with Crippen LogP contribution >= 0.6 is 12.2 Å². The number of nitriles is 1. The number of aromatic nitrogens is 2. The number of nitrogens with zero attached hydrogens (tertiary/aromatic N) is 4. The maximum atomic E-state index is 13.9. The Morgan fingerprint density at radius 3 is 2.44 bits per heavy atom. The van der Waals surface area contributed by atoms with Crippen LogP contribution in [0.1, 0.15) is 41.8 Å². The Hall–Kier alpha value is -4.89. The SMILES string of the molecule is COc1ccccc1NC(=S)N(Cc1ccccc1C(F)(F)F)CC(C)(C)NC(=O)Cc1cncn1Cc1ccc(C#N)cc1. The predicted octanol–water partition coefficient (Wildman–Crippen LogP) is 6.17. The topological polar surface area (TPSA) is 95.2 Å². The highest BCUT2D eigenvalue weighted by Gasteiger charge is 2.34. The largest absolute Gasteiger partial charge is 0.495 e. The summed E-state index contributed by atoms with van der Waals surface area (Å²) in [5, 5.41) is 15.3. The number of imidazole rings is 1. The minimum Gasteiger partial charge on any atom is -0.495 e. The lowest BCUT2D eigenvalue weighted by Gasteiger charge is -2.36. The molecule has 234 valence electrons. The lowest BCUT2D eigenvalue weighted by molar-refractivity contribution is -0.138. The molecule has 3 aromatic carbocycles. The second-order valence-electron chi connectivity index (χ2n) is 11.1. The second-order valence-corrected chi connectivity index (χ2v) is 11.5. The van der Waals surface area contributed by atoms with Crippen molar-refractivity contribution in [3.05, 3.63) is 113 Å². The number of para-hydroxylation sites is 2. The molecule has 8 nitrogen and oxygen atoms in total. The van der Waals surface area contributed by atoms with Crippen molar-refractivity contribution in [3.63, 3.8) is 0 Å². The highest BCUT2D eigenvalue weighted by Crippen LogP contribution is 2.33. The standard InChI is InChI=1S/C33H33F3N6O2S/c1-32(2,40-30(43)16-26-18-38-22-42(26)19-24-14-12-23(17-37)13-15-24)21-41(20-25-8-4-5-9-27(25)33(34,35)36)31(45)39-28-10-6-7-11-29(28)44-3/h4-15,18,22H,16,19-21H2,1-3H3,(H,39,45)(H,40,43). The van der Waals surface area contributed by atoms with Gasteiger partial charge in [0, 0.05) is 31.5 Å². The Bertz CT molecular complexity index is 1680. The molecule has 0 bridgehead atoms. The Labute approximate surface area is 265 Å². The quantitative estimate of drug-likeness (QED) is 0.191. The van der Waals surface area contributed by atoms with Gasteiger partial charge in [0.1, 0.15) is 5.75 Å². The van der Waals surface area contributed by atoms with Gasteiger partial charge in [0.05, 0.1) is 48.3 Å². The molecule has 12 heteroatoms. The van der Waals surface area contributed by atoms with Crippen molar-refractivity contribution in [2.45, 2.75) is 45.1 Å². The summed E-state index contributed by atoms with van der Waals surface area (Å²) in [5.74, 6) is 0.224. The maximum Gasteiger partial charge on any atom is 0.416 e. The fourth-order valence-corrected chi connectivity index (χ4v) is 5.14. The highest BCUT2D eigenvalue weighted by molar-refractivity contribution is 7.80. The van der Waals surface area contributed by atoms with Gasteiger partial charge in [0.15, 0.2) is 5.11 Å². The average molecular weight is 635 g/mol. The van der Waals surface area contributed by atoms with E-state index in [1.165, 1.54) is 19.2 Å². The van der Waals surface area contributed by atoms with E-state index < -0.39 is 17.3 Å². The van der Waals surface area contributed by atoms with Crippen LogP contribution in [0.3, 0.4) is 0 Å². The molecule has 4 aromatic rings. The van der Waals surface area contributed by atoms with Crippen LogP contribution in [-0.4, -0.2) is 44.7 Å². The van der Waals surface area contributed by atoms with E-state index in [-0.39, 0.29) is 36.1 Å². The number of halogens is 3. The third-order valence-corrected chi connectivity index (χ3v) is 7.32. The lowest BCUT2D eigenvalue weighted by Crippen LogP contribution is -2.53.